The van der Waals surface area contributed by atoms with E-state index in [1.807, 2.05) is 74.5 Å². The molecule has 1 heterocycles. The summed E-state index contributed by atoms with van der Waals surface area (Å²) in [5, 5.41) is 8.08. The highest BCUT2D eigenvalue weighted by atomic mass is 32.1. The molecule has 4 rings (SSSR count). The Labute approximate surface area is 193 Å². The molecule has 0 spiro atoms. The van der Waals surface area contributed by atoms with Crippen LogP contribution in [0.15, 0.2) is 70.2 Å². The lowest BCUT2D eigenvalue weighted by Crippen LogP contribution is -2.30. The minimum Gasteiger partial charge on any atom is -0.455 e. The number of furan rings is 1. The summed E-state index contributed by atoms with van der Waals surface area (Å²) in [6.45, 7) is 4.44. The van der Waals surface area contributed by atoms with Crippen molar-refractivity contribution >= 4 is 40.3 Å². The number of carbonyl (C=O) groups is 1. The third-order valence-corrected chi connectivity index (χ3v) is 5.67. The van der Waals surface area contributed by atoms with Gasteiger partial charge < -0.3 is 14.6 Å². The zero-order chi connectivity index (χ0) is 22.5. The number of hydrogen-bond donors (Lipinski definition) is 2. The molecule has 0 radical (unpaired) electrons. The van der Waals surface area contributed by atoms with Gasteiger partial charge in [0.05, 0.1) is 5.71 Å². The fourth-order valence-electron chi connectivity index (χ4n) is 3.96. The number of rotatable bonds is 5. The Hall–Kier alpha value is -3.45. The highest BCUT2D eigenvalue weighted by Crippen LogP contribution is 2.31. The van der Waals surface area contributed by atoms with Crippen LogP contribution in [0.3, 0.4) is 0 Å². The third kappa shape index (κ3) is 4.57. The van der Waals surface area contributed by atoms with E-state index < -0.39 is 0 Å². The predicted molar refractivity (Wildman–Crippen MR) is 133 cm³/mol. The van der Waals surface area contributed by atoms with Gasteiger partial charge in [0.1, 0.15) is 5.76 Å². The first kappa shape index (κ1) is 21.8. The van der Waals surface area contributed by atoms with E-state index >= 15 is 0 Å². The molecule has 0 aliphatic heterocycles. The van der Waals surface area contributed by atoms with Crippen molar-refractivity contribution in [2.45, 2.75) is 33.1 Å². The van der Waals surface area contributed by atoms with Crippen molar-refractivity contribution in [3.8, 4) is 0 Å². The maximum atomic E-state index is 13.3. The number of hydrazone groups is 1. The van der Waals surface area contributed by atoms with Gasteiger partial charge in [-0.25, -0.2) is 0 Å². The number of benzene rings is 2. The smallest absolute Gasteiger partial charge is 0.294 e. The second-order valence-corrected chi connectivity index (χ2v) is 7.99. The lowest BCUT2D eigenvalue weighted by Gasteiger charge is -2.20. The molecular formula is C25H26N4O2S. The number of fused-ring (bicyclic) bond motifs is 1. The number of nitrogens with one attached hydrogen (secondary N) is 2. The topological polar surface area (TPSA) is 69.9 Å². The van der Waals surface area contributed by atoms with Crippen molar-refractivity contribution in [1.82, 2.24) is 5.43 Å². The summed E-state index contributed by atoms with van der Waals surface area (Å²) in [4.78, 5) is 15.1. The van der Waals surface area contributed by atoms with E-state index in [1.54, 1.807) is 4.90 Å². The summed E-state index contributed by atoms with van der Waals surface area (Å²) in [6.07, 6.45) is 2.48. The summed E-state index contributed by atoms with van der Waals surface area (Å²) in [5.74, 6) is 1.04. The normalized spacial score (nSPS) is 14.0. The van der Waals surface area contributed by atoms with Crippen LogP contribution in [0.1, 0.15) is 47.2 Å². The molecule has 0 bridgehead atoms. The maximum absolute atomic E-state index is 13.3. The van der Waals surface area contributed by atoms with Crippen LogP contribution in [0.5, 0.6) is 0 Å². The first-order valence-electron chi connectivity index (χ1n) is 10.8. The molecule has 6 nitrogen and oxygen atoms in total. The highest BCUT2D eigenvalue weighted by Gasteiger charge is 2.30. The Balaban J connectivity index is 1.56. The molecule has 3 aromatic rings. The minimum absolute atomic E-state index is 0.140. The van der Waals surface area contributed by atoms with Gasteiger partial charge in [-0.15, -0.1) is 0 Å². The van der Waals surface area contributed by atoms with Gasteiger partial charge in [-0.1, -0.05) is 36.4 Å². The first-order valence-corrected chi connectivity index (χ1v) is 11.2. The molecule has 1 amide bonds. The number of nitrogens with zero attached hydrogens (tertiary/aromatic N) is 2. The zero-order valence-corrected chi connectivity index (χ0v) is 19.0. The van der Waals surface area contributed by atoms with E-state index in [4.69, 9.17) is 16.6 Å². The zero-order valence-electron chi connectivity index (χ0n) is 18.2. The summed E-state index contributed by atoms with van der Waals surface area (Å²) < 4.78 is 6.09. The predicted octanol–water partition coefficient (Wildman–Crippen LogP) is 5.28. The van der Waals surface area contributed by atoms with Gasteiger partial charge in [0.25, 0.3) is 5.91 Å². The van der Waals surface area contributed by atoms with Gasteiger partial charge in [-0.05, 0) is 63.2 Å². The van der Waals surface area contributed by atoms with Crippen molar-refractivity contribution in [3.63, 3.8) is 0 Å². The molecule has 0 unspecified atom stereocenters. The molecule has 7 heteroatoms. The van der Waals surface area contributed by atoms with Gasteiger partial charge in [0.15, 0.2) is 10.9 Å². The minimum atomic E-state index is -0.140. The van der Waals surface area contributed by atoms with Crippen LogP contribution in [0, 0.1) is 6.92 Å². The Morgan fingerprint density at radius 1 is 1.09 bits per heavy atom. The Morgan fingerprint density at radius 2 is 1.78 bits per heavy atom. The molecule has 32 heavy (non-hydrogen) atoms. The van der Waals surface area contributed by atoms with E-state index in [0.29, 0.717) is 17.4 Å². The standard InChI is InChI=1S/C25H26N4O2S/c1-3-29(19-13-8-5-9-14-19)24(30)23-17(2)22-20(15-10-16-21(22)31-23)27-28-25(32)26-18-11-6-4-7-12-18/h4-9,11-14H,3,10,15-16H2,1-2H3,(H2,26,28,32)/b27-20+. The number of carbonyl (C=O) groups excluding carboxylic acids is 1. The number of para-hydroxylation sites is 2. The number of amides is 1. The highest BCUT2D eigenvalue weighted by molar-refractivity contribution is 7.80. The molecule has 2 aromatic carbocycles. The molecule has 2 N–H and O–H groups in total. The van der Waals surface area contributed by atoms with Gasteiger partial charge in [0.2, 0.25) is 0 Å². The van der Waals surface area contributed by atoms with E-state index in [-0.39, 0.29) is 5.91 Å². The molecular weight excluding hydrogens is 420 g/mol. The van der Waals surface area contributed by atoms with Crippen molar-refractivity contribution in [2.24, 2.45) is 5.10 Å². The van der Waals surface area contributed by atoms with Gasteiger partial charge >= 0.3 is 0 Å². The summed E-state index contributed by atoms with van der Waals surface area (Å²) in [7, 11) is 0. The molecule has 1 aromatic heterocycles. The van der Waals surface area contributed by atoms with Crippen LogP contribution in [-0.2, 0) is 6.42 Å². The van der Waals surface area contributed by atoms with Crippen LogP contribution in [0.4, 0.5) is 11.4 Å². The van der Waals surface area contributed by atoms with Crippen molar-refractivity contribution < 1.29 is 9.21 Å². The number of hydrogen-bond acceptors (Lipinski definition) is 4. The molecule has 0 saturated heterocycles. The van der Waals surface area contributed by atoms with Crippen molar-refractivity contribution in [1.29, 1.82) is 0 Å². The van der Waals surface area contributed by atoms with Crippen molar-refractivity contribution in [3.05, 3.63) is 83.3 Å². The van der Waals surface area contributed by atoms with E-state index in [0.717, 1.165) is 53.2 Å². The maximum Gasteiger partial charge on any atom is 0.294 e. The number of anilines is 2. The molecule has 1 aliphatic rings. The average molecular weight is 447 g/mol. The van der Waals surface area contributed by atoms with Crippen LogP contribution >= 0.6 is 12.2 Å². The van der Waals surface area contributed by atoms with Crippen LogP contribution in [-0.4, -0.2) is 23.3 Å². The van der Waals surface area contributed by atoms with Crippen molar-refractivity contribution in [2.75, 3.05) is 16.8 Å². The van der Waals surface area contributed by atoms with Crippen LogP contribution < -0.4 is 15.6 Å². The lowest BCUT2D eigenvalue weighted by atomic mass is 9.93. The van der Waals surface area contributed by atoms with Gasteiger partial charge in [0, 0.05) is 35.5 Å². The van der Waals surface area contributed by atoms with Gasteiger partial charge in [-0.3, -0.25) is 10.2 Å². The summed E-state index contributed by atoms with van der Waals surface area (Å²) >= 11 is 5.37. The third-order valence-electron chi connectivity index (χ3n) is 5.47. The molecule has 1 aliphatic carbocycles. The van der Waals surface area contributed by atoms with Crippen LogP contribution in [0.2, 0.25) is 0 Å². The molecule has 0 saturated carbocycles. The number of aryl methyl sites for hydroxylation is 1. The molecule has 0 fully saturated rings. The SMILES string of the molecule is CCN(C(=O)c1oc2c(c1C)/C(=N/NC(=S)Nc1ccccc1)CCC2)c1ccccc1. The second-order valence-electron chi connectivity index (χ2n) is 7.58. The largest absolute Gasteiger partial charge is 0.455 e. The van der Waals surface area contributed by atoms with E-state index in [2.05, 4.69) is 15.8 Å². The van der Waals surface area contributed by atoms with E-state index in [1.165, 1.54) is 0 Å². The Bertz CT molecular complexity index is 1140. The Kier molecular flexibility index (Phi) is 6.66. The van der Waals surface area contributed by atoms with E-state index in [9.17, 15) is 4.79 Å². The summed E-state index contributed by atoms with van der Waals surface area (Å²) in [6, 6.07) is 19.3. The molecule has 164 valence electrons. The fourth-order valence-corrected chi connectivity index (χ4v) is 4.12. The molecule has 0 atom stereocenters. The second kappa shape index (κ2) is 9.78. The fraction of sp³-hybridized carbons (Fsp3) is 0.240. The monoisotopic (exact) mass is 446 g/mol. The number of thiocarbonyl (C=S) groups is 1. The van der Waals surface area contributed by atoms with Crippen LogP contribution in [0.25, 0.3) is 0 Å². The van der Waals surface area contributed by atoms with Gasteiger partial charge in [-0.2, -0.15) is 5.10 Å². The lowest BCUT2D eigenvalue weighted by molar-refractivity contribution is 0.0959. The Morgan fingerprint density at radius 3 is 2.47 bits per heavy atom. The quantitative estimate of drug-likeness (QED) is 0.412. The average Bonchev–Trinajstić information content (AvgIpc) is 3.16. The first-order chi connectivity index (χ1) is 15.6. The summed E-state index contributed by atoms with van der Waals surface area (Å²) in [5.41, 5.74) is 7.27.